The first kappa shape index (κ1) is 18.1. The zero-order valence-corrected chi connectivity index (χ0v) is 13.9. The molecular formula is C18H18FN3O3. The van der Waals surface area contributed by atoms with Crippen LogP contribution in [0.15, 0.2) is 53.6 Å². The second-order valence-electron chi connectivity index (χ2n) is 5.24. The van der Waals surface area contributed by atoms with Gasteiger partial charge in [-0.15, -0.1) is 0 Å². The first-order chi connectivity index (χ1) is 11.9. The third-order valence-electron chi connectivity index (χ3n) is 3.12. The summed E-state index contributed by atoms with van der Waals surface area (Å²) in [5.41, 5.74) is 4.32. The van der Waals surface area contributed by atoms with Crippen molar-refractivity contribution in [3.8, 4) is 5.75 Å². The Kier molecular flexibility index (Phi) is 6.22. The highest BCUT2D eigenvalue weighted by atomic mass is 19.1. The van der Waals surface area contributed by atoms with Crippen molar-refractivity contribution in [2.75, 3.05) is 11.9 Å². The topological polar surface area (TPSA) is 79.8 Å². The Morgan fingerprint density at radius 2 is 1.88 bits per heavy atom. The van der Waals surface area contributed by atoms with Crippen molar-refractivity contribution in [3.05, 3.63) is 59.9 Å². The van der Waals surface area contributed by atoms with E-state index >= 15 is 0 Å². The fourth-order valence-electron chi connectivity index (χ4n) is 1.97. The van der Waals surface area contributed by atoms with Crippen molar-refractivity contribution < 1.29 is 18.7 Å². The van der Waals surface area contributed by atoms with Gasteiger partial charge in [0.25, 0.3) is 5.91 Å². The summed E-state index contributed by atoms with van der Waals surface area (Å²) in [4.78, 5) is 22.8. The van der Waals surface area contributed by atoms with Crippen LogP contribution < -0.4 is 15.5 Å². The van der Waals surface area contributed by atoms with E-state index in [9.17, 15) is 14.0 Å². The van der Waals surface area contributed by atoms with Crippen molar-refractivity contribution >= 4 is 23.2 Å². The molecule has 0 bridgehead atoms. The Balaban J connectivity index is 1.91. The minimum Gasteiger partial charge on any atom is -0.484 e. The lowest BCUT2D eigenvalue weighted by Crippen LogP contribution is -2.25. The van der Waals surface area contributed by atoms with Gasteiger partial charge in [0.15, 0.2) is 6.61 Å². The number of hydrazone groups is 1. The van der Waals surface area contributed by atoms with Gasteiger partial charge in [-0.05, 0) is 36.8 Å². The van der Waals surface area contributed by atoms with Crippen LogP contribution in [0.1, 0.15) is 19.4 Å². The van der Waals surface area contributed by atoms with Gasteiger partial charge in [-0.25, -0.2) is 9.82 Å². The number of ether oxygens (including phenoxy) is 1. The molecule has 0 fully saturated rings. The van der Waals surface area contributed by atoms with Crippen LogP contribution in [-0.2, 0) is 9.59 Å². The van der Waals surface area contributed by atoms with E-state index in [2.05, 4.69) is 15.8 Å². The van der Waals surface area contributed by atoms with Gasteiger partial charge in [-0.2, -0.15) is 5.10 Å². The Bertz CT molecular complexity index is 806. The number of benzene rings is 2. The Labute approximate surface area is 144 Å². The molecule has 6 nitrogen and oxygen atoms in total. The molecule has 130 valence electrons. The van der Waals surface area contributed by atoms with E-state index in [4.69, 9.17) is 4.74 Å². The number of nitrogens with one attached hydrogen (secondary N) is 2. The number of rotatable bonds is 6. The van der Waals surface area contributed by atoms with E-state index in [1.807, 2.05) is 0 Å². The molecule has 2 rings (SSSR count). The van der Waals surface area contributed by atoms with E-state index in [-0.39, 0.29) is 18.3 Å². The lowest BCUT2D eigenvalue weighted by molar-refractivity contribution is -0.123. The summed E-state index contributed by atoms with van der Waals surface area (Å²) in [5, 5.41) is 6.67. The highest BCUT2D eigenvalue weighted by Crippen LogP contribution is 2.12. The molecule has 2 amide bonds. The number of carbonyl (C=O) groups is 2. The van der Waals surface area contributed by atoms with E-state index in [0.29, 0.717) is 11.4 Å². The Morgan fingerprint density at radius 1 is 1.12 bits per heavy atom. The molecule has 0 aliphatic carbocycles. The van der Waals surface area contributed by atoms with Crippen LogP contribution in [0.2, 0.25) is 0 Å². The van der Waals surface area contributed by atoms with E-state index in [1.165, 1.54) is 25.1 Å². The summed E-state index contributed by atoms with van der Waals surface area (Å²) in [6.07, 6.45) is 0. The molecule has 0 heterocycles. The van der Waals surface area contributed by atoms with Crippen LogP contribution in [0.5, 0.6) is 5.75 Å². The highest BCUT2D eigenvalue weighted by Gasteiger charge is 2.05. The molecule has 0 unspecified atom stereocenters. The minimum atomic E-state index is -0.471. The summed E-state index contributed by atoms with van der Waals surface area (Å²) in [6.45, 7) is 2.86. The maximum atomic E-state index is 13.0. The van der Waals surface area contributed by atoms with Crippen molar-refractivity contribution in [2.24, 2.45) is 5.10 Å². The number of hydrogen-bond acceptors (Lipinski definition) is 4. The van der Waals surface area contributed by atoms with E-state index in [1.54, 1.807) is 37.3 Å². The minimum absolute atomic E-state index is 0.172. The van der Waals surface area contributed by atoms with Crippen LogP contribution >= 0.6 is 0 Å². The van der Waals surface area contributed by atoms with Crippen LogP contribution in [0.3, 0.4) is 0 Å². The van der Waals surface area contributed by atoms with Gasteiger partial charge in [0.2, 0.25) is 5.91 Å². The largest absolute Gasteiger partial charge is 0.484 e. The molecule has 0 aromatic heterocycles. The van der Waals surface area contributed by atoms with Gasteiger partial charge >= 0.3 is 0 Å². The molecule has 0 radical (unpaired) electrons. The van der Waals surface area contributed by atoms with Crippen molar-refractivity contribution in [3.63, 3.8) is 0 Å². The lowest BCUT2D eigenvalue weighted by atomic mass is 10.1. The molecule has 0 saturated heterocycles. The fraction of sp³-hybridized carbons (Fsp3) is 0.167. The molecule has 0 spiro atoms. The van der Waals surface area contributed by atoms with Crippen molar-refractivity contribution in [1.29, 1.82) is 0 Å². The van der Waals surface area contributed by atoms with Crippen LogP contribution in [0.25, 0.3) is 0 Å². The van der Waals surface area contributed by atoms with Crippen LogP contribution in [0.4, 0.5) is 10.1 Å². The maximum Gasteiger partial charge on any atom is 0.277 e. The summed E-state index contributed by atoms with van der Waals surface area (Å²) in [7, 11) is 0. The number of carbonyl (C=O) groups excluding carboxylic acids is 2. The molecule has 2 aromatic rings. The second-order valence-corrected chi connectivity index (χ2v) is 5.24. The smallest absolute Gasteiger partial charge is 0.277 e. The number of hydrogen-bond donors (Lipinski definition) is 2. The van der Waals surface area contributed by atoms with E-state index in [0.717, 1.165) is 5.56 Å². The molecule has 7 heteroatoms. The van der Waals surface area contributed by atoms with Gasteiger partial charge < -0.3 is 10.1 Å². The van der Waals surface area contributed by atoms with Crippen LogP contribution in [-0.4, -0.2) is 24.1 Å². The number of anilines is 1. The Morgan fingerprint density at radius 3 is 2.60 bits per heavy atom. The highest BCUT2D eigenvalue weighted by molar-refractivity contribution is 6.00. The van der Waals surface area contributed by atoms with Gasteiger partial charge in [-0.3, -0.25) is 9.59 Å². The molecule has 0 saturated carbocycles. The summed E-state index contributed by atoms with van der Waals surface area (Å²) in [5.74, 6) is -0.819. The number of halogens is 1. The van der Waals surface area contributed by atoms with Gasteiger partial charge in [-0.1, -0.05) is 18.2 Å². The molecule has 0 aliphatic rings. The third-order valence-corrected chi connectivity index (χ3v) is 3.12. The molecule has 2 aromatic carbocycles. The predicted octanol–water partition coefficient (Wildman–Crippen LogP) is 2.70. The van der Waals surface area contributed by atoms with Crippen molar-refractivity contribution in [2.45, 2.75) is 13.8 Å². The SMILES string of the molecule is CC(=O)Nc1cccc(/C(C)=N\NC(=O)COc2cccc(F)c2)c1. The lowest BCUT2D eigenvalue weighted by Gasteiger charge is -2.07. The quantitative estimate of drug-likeness (QED) is 0.625. The summed E-state index contributed by atoms with van der Waals surface area (Å²) in [6, 6.07) is 12.6. The Hall–Kier alpha value is -3.22. The average molecular weight is 343 g/mol. The number of nitrogens with zero attached hydrogens (tertiary/aromatic N) is 1. The molecule has 25 heavy (non-hydrogen) atoms. The first-order valence-corrected chi connectivity index (χ1v) is 7.53. The second kappa shape index (κ2) is 8.58. The molecular weight excluding hydrogens is 325 g/mol. The van der Waals surface area contributed by atoms with Gasteiger partial charge in [0.05, 0.1) is 5.71 Å². The summed E-state index contributed by atoms with van der Waals surface area (Å²) < 4.78 is 18.2. The predicted molar refractivity (Wildman–Crippen MR) is 93.0 cm³/mol. The number of amides is 2. The zero-order valence-electron chi connectivity index (χ0n) is 13.9. The maximum absolute atomic E-state index is 13.0. The standard InChI is InChI=1S/C18H18FN3O3/c1-12(14-5-3-7-16(9-14)20-13(2)23)21-22-18(24)11-25-17-8-4-6-15(19)10-17/h3-10H,11H2,1-2H3,(H,20,23)(H,22,24)/b21-12-. The monoisotopic (exact) mass is 343 g/mol. The molecule has 0 aliphatic heterocycles. The van der Waals surface area contributed by atoms with Gasteiger partial charge in [0, 0.05) is 18.7 Å². The van der Waals surface area contributed by atoms with Crippen molar-refractivity contribution in [1.82, 2.24) is 5.43 Å². The third kappa shape index (κ3) is 6.06. The molecule has 0 atom stereocenters. The van der Waals surface area contributed by atoms with E-state index < -0.39 is 11.7 Å². The zero-order chi connectivity index (χ0) is 18.2. The van der Waals surface area contributed by atoms with Gasteiger partial charge in [0.1, 0.15) is 11.6 Å². The fourth-order valence-corrected chi connectivity index (χ4v) is 1.97. The normalized spacial score (nSPS) is 10.9. The summed E-state index contributed by atoms with van der Waals surface area (Å²) >= 11 is 0. The average Bonchev–Trinajstić information content (AvgIpc) is 2.57. The first-order valence-electron chi connectivity index (χ1n) is 7.53. The molecule has 2 N–H and O–H groups in total. The van der Waals surface area contributed by atoms with Crippen LogP contribution in [0, 0.1) is 5.82 Å².